The standard InChI is InChI=1S/C21H23N3O3S/c25-28(26,20-7-3-6-19-17(20)9-14-27-19)24-15-16(8-13-23-11-1-2-12-23)21-18(24)5-4-10-22-21/h3-7,10,15H,1-2,8-9,11-14H2. The van der Waals surface area contributed by atoms with E-state index in [0.29, 0.717) is 29.2 Å². The molecular weight excluding hydrogens is 374 g/mol. The summed E-state index contributed by atoms with van der Waals surface area (Å²) >= 11 is 0. The van der Waals surface area contributed by atoms with Gasteiger partial charge in [0.15, 0.2) is 0 Å². The van der Waals surface area contributed by atoms with Crippen molar-refractivity contribution in [2.24, 2.45) is 0 Å². The molecule has 1 aromatic carbocycles. The summed E-state index contributed by atoms with van der Waals surface area (Å²) in [5.41, 5.74) is 3.16. The molecule has 146 valence electrons. The Bertz CT molecular complexity index is 1130. The molecule has 0 aliphatic carbocycles. The van der Waals surface area contributed by atoms with Crippen LogP contribution in [0.2, 0.25) is 0 Å². The van der Waals surface area contributed by atoms with Crippen molar-refractivity contribution in [2.45, 2.75) is 30.6 Å². The number of ether oxygens (including phenoxy) is 1. The second-order valence-electron chi connectivity index (χ2n) is 7.46. The smallest absolute Gasteiger partial charge is 0.268 e. The molecule has 2 aliphatic rings. The van der Waals surface area contributed by atoms with Crippen molar-refractivity contribution in [3.8, 4) is 5.75 Å². The minimum Gasteiger partial charge on any atom is -0.493 e. The van der Waals surface area contributed by atoms with E-state index >= 15 is 0 Å². The van der Waals surface area contributed by atoms with Crippen LogP contribution in [0.25, 0.3) is 11.0 Å². The van der Waals surface area contributed by atoms with E-state index in [2.05, 4.69) is 9.88 Å². The molecule has 1 fully saturated rings. The van der Waals surface area contributed by atoms with E-state index in [1.165, 1.54) is 16.8 Å². The van der Waals surface area contributed by atoms with E-state index < -0.39 is 10.0 Å². The van der Waals surface area contributed by atoms with Crippen LogP contribution < -0.4 is 4.74 Å². The molecule has 4 heterocycles. The third kappa shape index (κ3) is 2.89. The van der Waals surface area contributed by atoms with Crippen molar-refractivity contribution in [3.63, 3.8) is 0 Å². The van der Waals surface area contributed by atoms with Crippen LogP contribution in [0.15, 0.2) is 47.6 Å². The topological polar surface area (TPSA) is 64.4 Å². The minimum absolute atomic E-state index is 0.328. The molecule has 0 atom stereocenters. The predicted molar refractivity (Wildman–Crippen MR) is 107 cm³/mol. The normalized spacial score (nSPS) is 17.1. The average molecular weight is 398 g/mol. The highest BCUT2D eigenvalue weighted by Crippen LogP contribution is 2.33. The van der Waals surface area contributed by atoms with Gasteiger partial charge < -0.3 is 9.64 Å². The van der Waals surface area contributed by atoms with Gasteiger partial charge in [0.25, 0.3) is 10.0 Å². The summed E-state index contributed by atoms with van der Waals surface area (Å²) in [7, 11) is -3.72. The quantitative estimate of drug-likeness (QED) is 0.662. The summed E-state index contributed by atoms with van der Waals surface area (Å²) in [5, 5.41) is 0. The van der Waals surface area contributed by atoms with Crippen LogP contribution in [-0.2, 0) is 22.9 Å². The molecule has 0 amide bonds. The first-order valence-electron chi connectivity index (χ1n) is 9.82. The van der Waals surface area contributed by atoms with E-state index in [0.717, 1.165) is 42.7 Å². The number of rotatable bonds is 5. The van der Waals surface area contributed by atoms with Crippen molar-refractivity contribution < 1.29 is 13.2 Å². The second-order valence-corrected chi connectivity index (χ2v) is 9.24. The van der Waals surface area contributed by atoms with Gasteiger partial charge in [-0.1, -0.05) is 6.07 Å². The van der Waals surface area contributed by atoms with E-state index in [-0.39, 0.29) is 0 Å². The zero-order valence-corrected chi connectivity index (χ0v) is 16.5. The van der Waals surface area contributed by atoms with Gasteiger partial charge in [-0.05, 0) is 62.2 Å². The van der Waals surface area contributed by atoms with Gasteiger partial charge in [0, 0.05) is 30.9 Å². The Labute approximate surface area is 164 Å². The third-order valence-electron chi connectivity index (χ3n) is 5.73. The SMILES string of the molecule is O=S(=O)(c1cccc2c1CCO2)n1cc(CCN2CCCC2)c2ncccc21. The van der Waals surface area contributed by atoms with Crippen LogP contribution in [0.1, 0.15) is 24.0 Å². The Morgan fingerprint density at radius 3 is 2.82 bits per heavy atom. The number of hydrogen-bond acceptors (Lipinski definition) is 5. The summed E-state index contributed by atoms with van der Waals surface area (Å²) < 4.78 is 34.1. The fourth-order valence-electron chi connectivity index (χ4n) is 4.30. The molecule has 0 N–H and O–H groups in total. The van der Waals surface area contributed by atoms with E-state index in [1.54, 1.807) is 30.6 Å². The zero-order valence-electron chi connectivity index (χ0n) is 15.7. The van der Waals surface area contributed by atoms with Gasteiger partial charge in [-0.3, -0.25) is 4.98 Å². The lowest BCUT2D eigenvalue weighted by Crippen LogP contribution is -2.21. The number of aromatic nitrogens is 2. The van der Waals surface area contributed by atoms with Gasteiger partial charge in [0.1, 0.15) is 5.75 Å². The maximum Gasteiger partial charge on any atom is 0.268 e. The molecule has 2 aliphatic heterocycles. The van der Waals surface area contributed by atoms with Gasteiger partial charge in [-0.2, -0.15) is 0 Å². The molecular formula is C21H23N3O3S. The van der Waals surface area contributed by atoms with Crippen LogP contribution in [0.5, 0.6) is 5.75 Å². The molecule has 2 aromatic heterocycles. The Morgan fingerprint density at radius 2 is 1.96 bits per heavy atom. The molecule has 6 nitrogen and oxygen atoms in total. The highest BCUT2D eigenvalue weighted by Gasteiger charge is 2.28. The third-order valence-corrected chi connectivity index (χ3v) is 7.49. The molecule has 0 unspecified atom stereocenters. The Morgan fingerprint density at radius 1 is 1.11 bits per heavy atom. The molecule has 0 spiro atoms. The molecule has 28 heavy (non-hydrogen) atoms. The Balaban J connectivity index is 1.58. The molecule has 0 radical (unpaired) electrons. The molecule has 7 heteroatoms. The maximum absolute atomic E-state index is 13.6. The molecule has 0 saturated carbocycles. The zero-order chi connectivity index (χ0) is 19.1. The van der Waals surface area contributed by atoms with Crippen LogP contribution in [0.3, 0.4) is 0 Å². The van der Waals surface area contributed by atoms with E-state index in [9.17, 15) is 8.42 Å². The summed E-state index contributed by atoms with van der Waals surface area (Å²) in [6.07, 6.45) is 7.40. The van der Waals surface area contributed by atoms with Crippen molar-refractivity contribution in [2.75, 3.05) is 26.2 Å². The highest BCUT2D eigenvalue weighted by molar-refractivity contribution is 7.90. The summed E-state index contributed by atoms with van der Waals surface area (Å²) in [6.45, 7) is 3.71. The highest BCUT2D eigenvalue weighted by atomic mass is 32.2. The van der Waals surface area contributed by atoms with E-state index in [4.69, 9.17) is 4.74 Å². The lowest BCUT2D eigenvalue weighted by molar-refractivity contribution is 0.344. The Hall–Kier alpha value is -2.38. The number of fused-ring (bicyclic) bond motifs is 2. The van der Waals surface area contributed by atoms with Gasteiger partial charge in [0.05, 0.1) is 22.5 Å². The fourth-order valence-corrected chi connectivity index (χ4v) is 5.95. The van der Waals surface area contributed by atoms with Crippen LogP contribution >= 0.6 is 0 Å². The minimum atomic E-state index is -3.72. The number of likely N-dealkylation sites (tertiary alicyclic amines) is 1. The molecule has 0 bridgehead atoms. The fraction of sp³-hybridized carbons (Fsp3) is 0.381. The number of pyridine rings is 1. The average Bonchev–Trinajstić information content (AvgIpc) is 3.45. The van der Waals surface area contributed by atoms with Gasteiger partial charge in [0.2, 0.25) is 0 Å². The lowest BCUT2D eigenvalue weighted by Gasteiger charge is -2.13. The first-order valence-corrected chi connectivity index (χ1v) is 11.3. The van der Waals surface area contributed by atoms with Crippen LogP contribution in [0, 0.1) is 0 Å². The summed E-state index contributed by atoms with van der Waals surface area (Å²) in [5.74, 6) is 0.671. The predicted octanol–water partition coefficient (Wildman–Crippen LogP) is 2.85. The van der Waals surface area contributed by atoms with Crippen molar-refractivity contribution in [1.29, 1.82) is 0 Å². The van der Waals surface area contributed by atoms with Crippen LogP contribution in [-0.4, -0.2) is 48.5 Å². The van der Waals surface area contributed by atoms with Gasteiger partial charge in [-0.25, -0.2) is 12.4 Å². The number of nitrogens with zero attached hydrogens (tertiary/aromatic N) is 3. The number of hydrogen-bond donors (Lipinski definition) is 0. The summed E-state index contributed by atoms with van der Waals surface area (Å²) in [6, 6.07) is 8.87. The van der Waals surface area contributed by atoms with E-state index in [1.807, 2.05) is 12.1 Å². The molecule has 5 rings (SSSR count). The first kappa shape index (κ1) is 17.7. The number of benzene rings is 1. The molecule has 3 aromatic rings. The monoisotopic (exact) mass is 397 g/mol. The maximum atomic E-state index is 13.6. The van der Waals surface area contributed by atoms with Gasteiger partial charge >= 0.3 is 0 Å². The summed E-state index contributed by atoms with van der Waals surface area (Å²) in [4.78, 5) is 7.26. The van der Waals surface area contributed by atoms with Crippen molar-refractivity contribution in [1.82, 2.24) is 13.9 Å². The van der Waals surface area contributed by atoms with Crippen LogP contribution in [0.4, 0.5) is 0 Å². The molecule has 1 saturated heterocycles. The Kier molecular flexibility index (Phi) is 4.36. The van der Waals surface area contributed by atoms with Gasteiger partial charge in [-0.15, -0.1) is 0 Å². The first-order chi connectivity index (χ1) is 13.6. The van der Waals surface area contributed by atoms with Crippen molar-refractivity contribution in [3.05, 3.63) is 53.9 Å². The lowest BCUT2D eigenvalue weighted by atomic mass is 10.2. The van der Waals surface area contributed by atoms with Crippen molar-refractivity contribution >= 4 is 21.1 Å². The second kappa shape index (κ2) is 6.90. The largest absolute Gasteiger partial charge is 0.493 e.